The molecule has 11 nitrogen and oxygen atoms in total. The quantitative estimate of drug-likeness (QED) is 0.161. The molecule has 0 amide bonds. The van der Waals surface area contributed by atoms with Gasteiger partial charge in [0.1, 0.15) is 24.2 Å². The Balaban J connectivity index is 3.07. The molecule has 10 N–H and O–H groups in total. The minimum Gasteiger partial charge on any atom is -0.502 e. The number of carboxylic acids is 3. The molecular formula is C18H29N4O7+. The van der Waals surface area contributed by atoms with Crippen LogP contribution in [0.2, 0.25) is 0 Å². The zero-order chi connectivity index (χ0) is 22.4. The van der Waals surface area contributed by atoms with Gasteiger partial charge in [-0.15, -0.1) is 0 Å². The maximum atomic E-state index is 11.6. The number of nitrogens with zero attached hydrogens (tertiary/aromatic N) is 1. The molecule has 29 heavy (non-hydrogen) atoms. The molecule has 11 heteroatoms. The van der Waals surface area contributed by atoms with Gasteiger partial charge in [-0.25, -0.2) is 9.36 Å². The number of aryl methyl sites for hydroxylation is 2. The zero-order valence-electron chi connectivity index (χ0n) is 16.2. The maximum Gasteiger partial charge on any atom is 0.328 e. The number of carboxylic acid groups (broad SMARTS) is 3. The van der Waals surface area contributed by atoms with Crippen LogP contribution in [0.1, 0.15) is 43.7 Å². The third-order valence-electron chi connectivity index (χ3n) is 4.69. The molecule has 0 bridgehead atoms. The zero-order valence-corrected chi connectivity index (χ0v) is 16.2. The van der Waals surface area contributed by atoms with Gasteiger partial charge in [-0.1, -0.05) is 0 Å². The monoisotopic (exact) mass is 413 g/mol. The average molecular weight is 413 g/mol. The third kappa shape index (κ3) is 6.66. The number of carbonyl (C=O) groups is 3. The Morgan fingerprint density at radius 3 is 2.10 bits per heavy atom. The molecule has 0 aromatic carbocycles. The van der Waals surface area contributed by atoms with E-state index in [1.54, 1.807) is 10.8 Å². The maximum absolute atomic E-state index is 11.6. The lowest BCUT2D eigenvalue weighted by molar-refractivity contribution is -0.698. The summed E-state index contributed by atoms with van der Waals surface area (Å²) in [6, 6.07) is -2.10. The molecule has 3 unspecified atom stereocenters. The van der Waals surface area contributed by atoms with Gasteiger partial charge in [-0.05, 0) is 32.6 Å². The van der Waals surface area contributed by atoms with Gasteiger partial charge >= 0.3 is 17.9 Å². The number of rotatable bonds is 12. The van der Waals surface area contributed by atoms with Crippen molar-refractivity contribution >= 4 is 17.9 Å². The second kappa shape index (κ2) is 10.1. The van der Waals surface area contributed by atoms with Crippen LogP contribution in [-0.4, -0.2) is 50.4 Å². The fraction of sp³-hybridized carbons (Fsp3) is 0.556. The number of hydrogen-bond donors (Lipinski definition) is 7. The predicted molar refractivity (Wildman–Crippen MR) is 101 cm³/mol. The van der Waals surface area contributed by atoms with Crippen LogP contribution in [0.15, 0.2) is 12.4 Å². The highest BCUT2D eigenvalue weighted by atomic mass is 16.4. The number of aliphatic carboxylic acids is 3. The SMILES string of the molecule is CC(N)(C(=O)O)c1c(O)c[n+](CCCCC(N)C(=O)O)cc1CCC(N)C(=O)O. The van der Waals surface area contributed by atoms with E-state index in [1.165, 1.54) is 13.1 Å². The predicted octanol–water partition coefficient (Wildman–Crippen LogP) is -1.14. The second-order valence-corrected chi connectivity index (χ2v) is 7.21. The Kier molecular flexibility index (Phi) is 8.49. The summed E-state index contributed by atoms with van der Waals surface area (Å²) in [7, 11) is 0. The highest BCUT2D eigenvalue weighted by Gasteiger charge is 2.37. The first kappa shape index (κ1) is 24.3. The summed E-state index contributed by atoms with van der Waals surface area (Å²) in [6.45, 7) is 1.65. The summed E-state index contributed by atoms with van der Waals surface area (Å²) in [4.78, 5) is 33.3. The van der Waals surface area contributed by atoms with E-state index in [4.69, 9.17) is 27.4 Å². The van der Waals surface area contributed by atoms with Gasteiger partial charge in [0, 0.05) is 17.5 Å². The van der Waals surface area contributed by atoms with Crippen LogP contribution in [0.5, 0.6) is 5.75 Å². The lowest BCUT2D eigenvalue weighted by atomic mass is 9.87. The number of hydrogen-bond acceptors (Lipinski definition) is 7. The summed E-state index contributed by atoms with van der Waals surface area (Å²) in [5.74, 6) is -3.95. The fourth-order valence-electron chi connectivity index (χ4n) is 2.93. The summed E-state index contributed by atoms with van der Waals surface area (Å²) in [6.07, 6.45) is 4.44. The van der Waals surface area contributed by atoms with Crippen molar-refractivity contribution in [2.75, 3.05) is 0 Å². The number of pyridine rings is 1. The van der Waals surface area contributed by atoms with E-state index in [0.717, 1.165) is 0 Å². The van der Waals surface area contributed by atoms with Crippen LogP contribution < -0.4 is 21.8 Å². The third-order valence-corrected chi connectivity index (χ3v) is 4.69. The first-order valence-corrected chi connectivity index (χ1v) is 9.12. The molecule has 0 aliphatic heterocycles. The lowest BCUT2D eigenvalue weighted by Crippen LogP contribution is -2.44. The molecular weight excluding hydrogens is 384 g/mol. The Bertz CT molecular complexity index is 767. The van der Waals surface area contributed by atoms with Crippen molar-refractivity contribution in [2.45, 2.75) is 63.2 Å². The topological polar surface area (TPSA) is 214 Å². The molecule has 0 saturated heterocycles. The van der Waals surface area contributed by atoms with Crippen molar-refractivity contribution in [3.63, 3.8) is 0 Å². The molecule has 1 aromatic heterocycles. The minimum atomic E-state index is -1.89. The van der Waals surface area contributed by atoms with Crippen molar-refractivity contribution in [3.05, 3.63) is 23.5 Å². The van der Waals surface area contributed by atoms with Crippen molar-refractivity contribution < 1.29 is 39.4 Å². The van der Waals surface area contributed by atoms with Crippen LogP contribution in [0.3, 0.4) is 0 Å². The van der Waals surface area contributed by atoms with Gasteiger partial charge in [0.15, 0.2) is 11.9 Å². The first-order valence-electron chi connectivity index (χ1n) is 9.12. The van der Waals surface area contributed by atoms with Crippen LogP contribution >= 0.6 is 0 Å². The van der Waals surface area contributed by atoms with Crippen molar-refractivity contribution in [3.8, 4) is 5.75 Å². The molecule has 162 valence electrons. The molecule has 0 spiro atoms. The Morgan fingerprint density at radius 2 is 1.59 bits per heavy atom. The van der Waals surface area contributed by atoms with E-state index < -0.39 is 35.5 Å². The van der Waals surface area contributed by atoms with Gasteiger partial charge in [0.25, 0.3) is 0 Å². The summed E-state index contributed by atoms with van der Waals surface area (Å²) < 4.78 is 1.62. The fourth-order valence-corrected chi connectivity index (χ4v) is 2.93. The Hall–Kier alpha value is -2.76. The summed E-state index contributed by atoms with van der Waals surface area (Å²) in [5.41, 5.74) is 15.4. The molecule has 0 radical (unpaired) electrons. The number of nitrogens with two attached hydrogens (primary N) is 3. The number of aromatic nitrogens is 1. The molecule has 1 aromatic rings. The molecule has 0 aliphatic rings. The van der Waals surface area contributed by atoms with E-state index in [9.17, 15) is 24.6 Å². The smallest absolute Gasteiger partial charge is 0.328 e. The van der Waals surface area contributed by atoms with Crippen LogP contribution in [-0.2, 0) is 32.9 Å². The molecule has 0 fully saturated rings. The first-order chi connectivity index (χ1) is 13.4. The van der Waals surface area contributed by atoms with Crippen LogP contribution in [0, 0.1) is 0 Å². The molecule has 3 atom stereocenters. The lowest BCUT2D eigenvalue weighted by Gasteiger charge is -2.23. The Labute approximate surface area is 167 Å². The molecule has 0 aliphatic carbocycles. The highest BCUT2D eigenvalue weighted by Crippen LogP contribution is 2.30. The highest BCUT2D eigenvalue weighted by molar-refractivity contribution is 5.81. The molecule has 1 rings (SSSR count). The van der Waals surface area contributed by atoms with Crippen molar-refractivity contribution in [1.82, 2.24) is 0 Å². The minimum absolute atomic E-state index is 0.00765. The van der Waals surface area contributed by atoms with Gasteiger partial charge < -0.3 is 37.6 Å². The van der Waals surface area contributed by atoms with Crippen LogP contribution in [0.4, 0.5) is 0 Å². The normalized spacial score (nSPS) is 15.3. The van der Waals surface area contributed by atoms with E-state index in [-0.39, 0.29) is 24.2 Å². The van der Waals surface area contributed by atoms with Crippen molar-refractivity contribution in [2.24, 2.45) is 17.2 Å². The van der Waals surface area contributed by atoms with Gasteiger partial charge in [0.05, 0.1) is 0 Å². The number of unbranched alkanes of at least 4 members (excludes halogenated alkanes) is 1. The molecule has 0 saturated carbocycles. The van der Waals surface area contributed by atoms with Gasteiger partial charge in [-0.3, -0.25) is 9.59 Å². The van der Waals surface area contributed by atoms with E-state index >= 15 is 0 Å². The van der Waals surface area contributed by atoms with Crippen molar-refractivity contribution in [1.29, 1.82) is 0 Å². The van der Waals surface area contributed by atoms with Gasteiger partial charge in [0.2, 0.25) is 6.20 Å². The van der Waals surface area contributed by atoms with Crippen LogP contribution in [0.25, 0.3) is 0 Å². The Morgan fingerprint density at radius 1 is 1.03 bits per heavy atom. The van der Waals surface area contributed by atoms with Gasteiger partial charge in [-0.2, -0.15) is 0 Å². The summed E-state index contributed by atoms with van der Waals surface area (Å²) >= 11 is 0. The molecule has 1 heterocycles. The van der Waals surface area contributed by atoms with E-state index in [0.29, 0.717) is 31.4 Å². The summed E-state index contributed by atoms with van der Waals surface area (Å²) in [5, 5.41) is 37.6. The second-order valence-electron chi connectivity index (χ2n) is 7.21. The van der Waals surface area contributed by atoms with E-state index in [2.05, 4.69) is 0 Å². The standard InChI is InChI=1S/C18H28N4O7/c1-18(21,17(28)29)14-10(5-6-12(20)16(26)27)8-22(9-13(14)23)7-3-2-4-11(19)15(24)25/h8-9,11-12H,2-7,19-21H2,1H3,(H3-,23,24,25,26,27,28,29)/p+1. The average Bonchev–Trinajstić information content (AvgIpc) is 2.61. The largest absolute Gasteiger partial charge is 0.502 e. The van der Waals surface area contributed by atoms with E-state index in [1.807, 2.05) is 0 Å². The number of aromatic hydroxyl groups is 1.